The number of nitrogens with zero attached hydrogens (tertiary/aromatic N) is 2. The Balaban J connectivity index is 1.84. The van der Waals surface area contributed by atoms with Crippen molar-refractivity contribution < 1.29 is 14.6 Å². The van der Waals surface area contributed by atoms with Gasteiger partial charge in [-0.25, -0.2) is 4.79 Å². The summed E-state index contributed by atoms with van der Waals surface area (Å²) in [6, 6.07) is 13.4. The van der Waals surface area contributed by atoms with Crippen LogP contribution >= 0.6 is 0 Å². The van der Waals surface area contributed by atoms with Crippen LogP contribution < -0.4 is 0 Å². The van der Waals surface area contributed by atoms with E-state index in [0.717, 1.165) is 5.56 Å². The summed E-state index contributed by atoms with van der Waals surface area (Å²) < 4.78 is 5.55. The van der Waals surface area contributed by atoms with Crippen molar-refractivity contribution >= 4 is 6.09 Å². The number of aromatic nitrogens is 1. The van der Waals surface area contributed by atoms with Gasteiger partial charge in [0.15, 0.2) is 11.3 Å². The van der Waals surface area contributed by atoms with Gasteiger partial charge >= 0.3 is 6.09 Å². The first kappa shape index (κ1) is 15.5. The summed E-state index contributed by atoms with van der Waals surface area (Å²) in [5, 5.41) is 11.0. The van der Waals surface area contributed by atoms with Gasteiger partial charge in [0, 0.05) is 24.5 Å². The van der Waals surface area contributed by atoms with E-state index in [4.69, 9.17) is 4.74 Å². The highest BCUT2D eigenvalue weighted by Gasteiger charge is 2.60. The summed E-state index contributed by atoms with van der Waals surface area (Å²) >= 11 is 0. The van der Waals surface area contributed by atoms with Crippen LogP contribution in [0.5, 0.6) is 0 Å². The number of hydrogen-bond acceptors (Lipinski definition) is 4. The van der Waals surface area contributed by atoms with Crippen molar-refractivity contribution in [1.29, 1.82) is 0 Å². The quantitative estimate of drug-likeness (QED) is 0.943. The molecule has 1 amide bonds. The van der Waals surface area contributed by atoms with E-state index in [-0.39, 0.29) is 0 Å². The minimum Gasteiger partial charge on any atom is -0.433 e. The van der Waals surface area contributed by atoms with Crippen LogP contribution in [0.25, 0.3) is 0 Å². The molecule has 1 N–H and O–H groups in total. The normalized spacial score (nSPS) is 27.1. The Bertz CT molecular complexity index is 688. The van der Waals surface area contributed by atoms with Crippen LogP contribution in [0.4, 0.5) is 4.79 Å². The average molecular weight is 312 g/mol. The van der Waals surface area contributed by atoms with Crippen molar-refractivity contribution in [3.8, 4) is 0 Å². The number of carbonyl (C=O) groups excluding carboxylic acids is 1. The Morgan fingerprint density at radius 3 is 2.57 bits per heavy atom. The monoisotopic (exact) mass is 312 g/mol. The number of ether oxygens (including phenoxy) is 1. The van der Waals surface area contributed by atoms with E-state index >= 15 is 0 Å². The van der Waals surface area contributed by atoms with Crippen molar-refractivity contribution in [2.75, 3.05) is 6.54 Å². The van der Waals surface area contributed by atoms with Crippen molar-refractivity contribution in [2.45, 2.75) is 31.6 Å². The van der Waals surface area contributed by atoms with Crippen LogP contribution in [0, 0.1) is 0 Å². The van der Waals surface area contributed by atoms with Crippen LogP contribution in [-0.4, -0.2) is 33.4 Å². The second kappa shape index (κ2) is 5.66. The Morgan fingerprint density at radius 1 is 1.17 bits per heavy atom. The maximum atomic E-state index is 12.3. The fourth-order valence-corrected chi connectivity index (χ4v) is 2.93. The third kappa shape index (κ3) is 2.57. The van der Waals surface area contributed by atoms with Gasteiger partial charge in [-0.1, -0.05) is 36.4 Å². The van der Waals surface area contributed by atoms with Gasteiger partial charge in [0.2, 0.25) is 0 Å². The van der Waals surface area contributed by atoms with Crippen LogP contribution in [0.1, 0.15) is 25.0 Å². The summed E-state index contributed by atoms with van der Waals surface area (Å²) in [7, 11) is 0. The second-order valence-corrected chi connectivity index (χ2v) is 6.05. The standard InChI is InChI=1S/C18H20N2O3/c1-17(15-9-6-11-19-13-15)18(2,22)20(16(21)23-17)12-10-14-7-4-3-5-8-14/h3-9,11,13,22H,10,12H2,1-2H3/t17-,18+/m0/s1. The molecule has 0 radical (unpaired) electrons. The van der Waals surface area contributed by atoms with E-state index in [1.54, 1.807) is 38.4 Å². The van der Waals surface area contributed by atoms with Gasteiger partial charge in [-0.05, 0) is 31.9 Å². The van der Waals surface area contributed by atoms with E-state index < -0.39 is 17.4 Å². The summed E-state index contributed by atoms with van der Waals surface area (Å²) in [4.78, 5) is 17.8. The molecule has 5 heteroatoms. The van der Waals surface area contributed by atoms with Gasteiger partial charge in [0.05, 0.1) is 0 Å². The topological polar surface area (TPSA) is 62.7 Å². The van der Waals surface area contributed by atoms with E-state index in [9.17, 15) is 9.90 Å². The zero-order valence-electron chi connectivity index (χ0n) is 13.3. The molecule has 2 heterocycles. The number of benzene rings is 1. The number of aliphatic hydroxyl groups is 1. The molecule has 23 heavy (non-hydrogen) atoms. The SMILES string of the molecule is C[C@@]1(c2cccnc2)OC(=O)N(CCc2ccccc2)[C@]1(C)O. The summed E-state index contributed by atoms with van der Waals surface area (Å²) in [5.41, 5.74) is -0.844. The van der Waals surface area contributed by atoms with Gasteiger partial charge in [0.1, 0.15) is 0 Å². The molecule has 0 unspecified atom stereocenters. The first-order chi connectivity index (χ1) is 10.9. The van der Waals surface area contributed by atoms with Crippen molar-refractivity contribution in [3.63, 3.8) is 0 Å². The fraction of sp³-hybridized carbons (Fsp3) is 0.333. The number of amides is 1. The number of hydrogen-bond donors (Lipinski definition) is 1. The molecule has 2 aromatic rings. The van der Waals surface area contributed by atoms with Crippen molar-refractivity contribution in [3.05, 3.63) is 66.0 Å². The molecule has 1 aliphatic rings. The van der Waals surface area contributed by atoms with E-state index in [2.05, 4.69) is 4.98 Å². The molecule has 1 fully saturated rings. The maximum Gasteiger partial charge on any atom is 0.413 e. The lowest BCUT2D eigenvalue weighted by molar-refractivity contribution is -0.140. The highest BCUT2D eigenvalue weighted by molar-refractivity contribution is 5.72. The van der Waals surface area contributed by atoms with Crippen molar-refractivity contribution in [1.82, 2.24) is 9.88 Å². The number of rotatable bonds is 4. The zero-order valence-corrected chi connectivity index (χ0v) is 13.3. The fourth-order valence-electron chi connectivity index (χ4n) is 2.93. The van der Waals surface area contributed by atoms with Gasteiger partial charge in [0.25, 0.3) is 0 Å². The Morgan fingerprint density at radius 2 is 1.91 bits per heavy atom. The predicted octanol–water partition coefficient (Wildman–Crippen LogP) is 2.70. The first-order valence-corrected chi connectivity index (χ1v) is 7.62. The maximum absolute atomic E-state index is 12.3. The van der Waals surface area contributed by atoms with Crippen LogP contribution in [0.3, 0.4) is 0 Å². The van der Waals surface area contributed by atoms with Gasteiger partial charge < -0.3 is 9.84 Å². The molecular formula is C18H20N2O3. The smallest absolute Gasteiger partial charge is 0.413 e. The largest absolute Gasteiger partial charge is 0.433 e. The van der Waals surface area contributed by atoms with Crippen LogP contribution in [-0.2, 0) is 16.8 Å². The molecule has 0 saturated carbocycles. The third-order valence-electron chi connectivity index (χ3n) is 4.62. The predicted molar refractivity (Wildman–Crippen MR) is 85.5 cm³/mol. The molecule has 0 spiro atoms. The van der Waals surface area contributed by atoms with Gasteiger partial charge in [-0.3, -0.25) is 9.88 Å². The summed E-state index contributed by atoms with van der Waals surface area (Å²) in [6.45, 7) is 3.70. The Kier molecular flexibility index (Phi) is 3.82. The summed E-state index contributed by atoms with van der Waals surface area (Å²) in [5.74, 6) is 0. The molecule has 0 aliphatic carbocycles. The average Bonchev–Trinajstić information content (AvgIpc) is 2.73. The van der Waals surface area contributed by atoms with E-state index in [1.165, 1.54) is 4.90 Å². The number of carbonyl (C=O) groups is 1. The Labute approximate surface area is 135 Å². The number of pyridine rings is 1. The molecule has 2 atom stereocenters. The third-order valence-corrected chi connectivity index (χ3v) is 4.62. The second-order valence-electron chi connectivity index (χ2n) is 6.05. The van der Waals surface area contributed by atoms with Crippen LogP contribution in [0.2, 0.25) is 0 Å². The highest BCUT2D eigenvalue weighted by Crippen LogP contribution is 2.44. The lowest BCUT2D eigenvalue weighted by atomic mass is 9.86. The number of cyclic esters (lactones) is 1. The molecule has 1 aromatic carbocycles. The lowest BCUT2D eigenvalue weighted by Gasteiger charge is -2.37. The van der Waals surface area contributed by atoms with Gasteiger partial charge in [-0.15, -0.1) is 0 Å². The molecule has 1 aromatic heterocycles. The lowest BCUT2D eigenvalue weighted by Crippen LogP contribution is -2.53. The molecule has 1 saturated heterocycles. The first-order valence-electron chi connectivity index (χ1n) is 7.62. The minimum atomic E-state index is -1.46. The molecule has 0 bridgehead atoms. The zero-order chi connectivity index (χ0) is 16.5. The molecular weight excluding hydrogens is 292 g/mol. The molecule has 3 rings (SSSR count). The van der Waals surface area contributed by atoms with E-state index in [0.29, 0.717) is 18.5 Å². The van der Waals surface area contributed by atoms with Gasteiger partial charge in [-0.2, -0.15) is 0 Å². The molecule has 120 valence electrons. The van der Waals surface area contributed by atoms with Crippen molar-refractivity contribution in [2.24, 2.45) is 0 Å². The Hall–Kier alpha value is -2.40. The molecule has 1 aliphatic heterocycles. The summed E-state index contributed by atoms with van der Waals surface area (Å²) in [6.07, 6.45) is 3.39. The van der Waals surface area contributed by atoms with Crippen LogP contribution in [0.15, 0.2) is 54.9 Å². The minimum absolute atomic E-state index is 0.381. The molecule has 5 nitrogen and oxygen atoms in total. The highest BCUT2D eigenvalue weighted by atomic mass is 16.6. The van der Waals surface area contributed by atoms with E-state index in [1.807, 2.05) is 30.3 Å².